The molecule has 114 valence electrons. The molecule has 0 aliphatic heterocycles. The highest BCUT2D eigenvalue weighted by Gasteiger charge is 2.04. The molecule has 0 aliphatic rings. The summed E-state index contributed by atoms with van der Waals surface area (Å²) < 4.78 is 15.9. The van der Waals surface area contributed by atoms with Gasteiger partial charge in [0.05, 0.1) is 13.2 Å². The first kappa shape index (κ1) is 16.9. The maximum Gasteiger partial charge on any atom is 0.119 e. The first-order valence-electron chi connectivity index (χ1n) is 6.92. The van der Waals surface area contributed by atoms with Gasteiger partial charge in [0.1, 0.15) is 12.4 Å². The van der Waals surface area contributed by atoms with Crippen LogP contribution in [0.15, 0.2) is 24.3 Å². The molecule has 0 aromatic heterocycles. The van der Waals surface area contributed by atoms with Crippen LogP contribution < -0.4 is 10.5 Å². The lowest BCUT2D eigenvalue weighted by atomic mass is 10.2. The molecule has 1 rings (SSSR count). The Morgan fingerprint density at radius 2 is 1.45 bits per heavy atom. The average Bonchev–Trinajstić information content (AvgIpc) is 2.50. The van der Waals surface area contributed by atoms with Gasteiger partial charge in [0, 0.05) is 40.4 Å². The molecule has 20 heavy (non-hydrogen) atoms. The summed E-state index contributed by atoms with van der Waals surface area (Å²) in [7, 11) is 3.42. The summed E-state index contributed by atoms with van der Waals surface area (Å²) in [6.07, 6.45) is 0. The number of nitrogens with two attached hydrogens (primary N) is 1. The molecule has 0 fully saturated rings. The fourth-order valence-corrected chi connectivity index (χ4v) is 1.79. The fraction of sp³-hybridized carbons (Fsp3) is 0.600. The second kappa shape index (κ2) is 10.6. The van der Waals surface area contributed by atoms with Gasteiger partial charge in [-0.15, -0.1) is 0 Å². The number of benzene rings is 1. The van der Waals surface area contributed by atoms with Crippen molar-refractivity contribution in [3.8, 4) is 5.75 Å². The molecule has 0 heterocycles. The number of hydrogen-bond acceptors (Lipinski definition) is 5. The summed E-state index contributed by atoms with van der Waals surface area (Å²) in [5, 5.41) is 0. The van der Waals surface area contributed by atoms with Crippen LogP contribution in [0.5, 0.6) is 5.75 Å². The van der Waals surface area contributed by atoms with E-state index in [4.69, 9.17) is 19.9 Å². The van der Waals surface area contributed by atoms with E-state index >= 15 is 0 Å². The number of ether oxygens (including phenoxy) is 3. The van der Waals surface area contributed by atoms with E-state index < -0.39 is 0 Å². The average molecular weight is 282 g/mol. The molecule has 5 heteroatoms. The van der Waals surface area contributed by atoms with Crippen LogP contribution in [0.3, 0.4) is 0 Å². The summed E-state index contributed by atoms with van der Waals surface area (Å²) in [6, 6.07) is 7.89. The Morgan fingerprint density at radius 3 is 1.95 bits per heavy atom. The molecular formula is C15H26N2O3. The second-order valence-corrected chi connectivity index (χ2v) is 4.52. The van der Waals surface area contributed by atoms with Crippen LogP contribution in [0.25, 0.3) is 0 Å². The third-order valence-electron chi connectivity index (χ3n) is 3.06. The SMILES string of the molecule is COCCN(CCOC)CCOc1ccc(CN)cc1. The largest absolute Gasteiger partial charge is 0.492 e. The molecule has 0 spiro atoms. The maximum absolute atomic E-state index is 5.73. The monoisotopic (exact) mass is 282 g/mol. The molecular weight excluding hydrogens is 256 g/mol. The van der Waals surface area contributed by atoms with Crippen LogP contribution in [0, 0.1) is 0 Å². The van der Waals surface area contributed by atoms with Crippen LogP contribution in [-0.4, -0.2) is 58.6 Å². The molecule has 0 saturated carbocycles. The highest BCUT2D eigenvalue weighted by atomic mass is 16.5. The topological polar surface area (TPSA) is 57.0 Å². The molecule has 0 amide bonds. The lowest BCUT2D eigenvalue weighted by Gasteiger charge is -2.21. The molecule has 1 aromatic carbocycles. The van der Waals surface area contributed by atoms with Crippen LogP contribution in [0.1, 0.15) is 5.56 Å². The molecule has 0 aliphatic carbocycles. The minimum atomic E-state index is 0.558. The highest BCUT2D eigenvalue weighted by Crippen LogP contribution is 2.11. The van der Waals surface area contributed by atoms with Crippen molar-refractivity contribution >= 4 is 0 Å². The van der Waals surface area contributed by atoms with Gasteiger partial charge < -0.3 is 19.9 Å². The molecule has 2 N–H and O–H groups in total. The number of methoxy groups -OCH3 is 2. The minimum absolute atomic E-state index is 0.558. The quantitative estimate of drug-likeness (QED) is 0.659. The summed E-state index contributed by atoms with van der Waals surface area (Å²) in [5.41, 5.74) is 6.67. The van der Waals surface area contributed by atoms with Gasteiger partial charge in [-0.1, -0.05) is 12.1 Å². The Labute approximate surface area is 121 Å². The lowest BCUT2D eigenvalue weighted by molar-refractivity contribution is 0.104. The third kappa shape index (κ3) is 6.86. The van der Waals surface area contributed by atoms with Crippen molar-refractivity contribution in [1.82, 2.24) is 4.90 Å². The van der Waals surface area contributed by atoms with Crippen molar-refractivity contribution in [1.29, 1.82) is 0 Å². The van der Waals surface area contributed by atoms with Crippen LogP contribution in [0.4, 0.5) is 0 Å². The van der Waals surface area contributed by atoms with Gasteiger partial charge >= 0.3 is 0 Å². The van der Waals surface area contributed by atoms with Gasteiger partial charge in [0.25, 0.3) is 0 Å². The zero-order valence-electron chi connectivity index (χ0n) is 12.5. The molecule has 0 saturated heterocycles. The minimum Gasteiger partial charge on any atom is -0.492 e. The van der Waals surface area contributed by atoms with Gasteiger partial charge in [-0.25, -0.2) is 0 Å². The number of nitrogens with zero attached hydrogens (tertiary/aromatic N) is 1. The van der Waals surface area contributed by atoms with Crippen LogP contribution >= 0.6 is 0 Å². The second-order valence-electron chi connectivity index (χ2n) is 4.52. The van der Waals surface area contributed by atoms with Crippen molar-refractivity contribution in [2.75, 3.05) is 53.7 Å². The van der Waals surface area contributed by atoms with E-state index in [1.165, 1.54) is 0 Å². The molecule has 1 aromatic rings. The van der Waals surface area contributed by atoms with Crippen molar-refractivity contribution < 1.29 is 14.2 Å². The lowest BCUT2D eigenvalue weighted by Crippen LogP contribution is -2.34. The molecule has 5 nitrogen and oxygen atoms in total. The van der Waals surface area contributed by atoms with Gasteiger partial charge in [-0.2, -0.15) is 0 Å². The smallest absolute Gasteiger partial charge is 0.119 e. The zero-order valence-corrected chi connectivity index (χ0v) is 12.5. The van der Waals surface area contributed by atoms with Crippen molar-refractivity contribution in [3.63, 3.8) is 0 Å². The van der Waals surface area contributed by atoms with Crippen molar-refractivity contribution in [3.05, 3.63) is 29.8 Å². The van der Waals surface area contributed by atoms with Gasteiger partial charge in [-0.05, 0) is 17.7 Å². The van der Waals surface area contributed by atoms with Gasteiger partial charge in [0.2, 0.25) is 0 Å². The Bertz CT molecular complexity index is 335. The molecule has 0 atom stereocenters. The predicted octanol–water partition coefficient (Wildman–Crippen LogP) is 1.12. The zero-order chi connectivity index (χ0) is 14.6. The first-order chi connectivity index (χ1) is 9.80. The normalized spacial score (nSPS) is 11.0. The summed E-state index contributed by atoms with van der Waals surface area (Å²) >= 11 is 0. The van der Waals surface area contributed by atoms with E-state index in [9.17, 15) is 0 Å². The van der Waals surface area contributed by atoms with Gasteiger partial charge in [0.15, 0.2) is 0 Å². The van der Waals surface area contributed by atoms with Crippen molar-refractivity contribution in [2.24, 2.45) is 5.73 Å². The van der Waals surface area contributed by atoms with E-state index in [2.05, 4.69) is 4.90 Å². The molecule has 0 unspecified atom stereocenters. The Hall–Kier alpha value is -1.14. The third-order valence-corrected chi connectivity index (χ3v) is 3.06. The predicted molar refractivity (Wildman–Crippen MR) is 80.0 cm³/mol. The number of hydrogen-bond donors (Lipinski definition) is 1. The van der Waals surface area contributed by atoms with Crippen molar-refractivity contribution in [2.45, 2.75) is 6.54 Å². The summed E-state index contributed by atoms with van der Waals surface area (Å²) in [5.74, 6) is 0.876. The van der Waals surface area contributed by atoms with E-state index in [-0.39, 0.29) is 0 Å². The Kier molecular flexibility index (Phi) is 8.98. The van der Waals surface area contributed by atoms with Crippen LogP contribution in [0.2, 0.25) is 0 Å². The highest BCUT2D eigenvalue weighted by molar-refractivity contribution is 5.27. The fourth-order valence-electron chi connectivity index (χ4n) is 1.79. The molecule has 0 radical (unpaired) electrons. The first-order valence-corrected chi connectivity index (χ1v) is 6.92. The number of rotatable bonds is 11. The Morgan fingerprint density at radius 1 is 0.900 bits per heavy atom. The van der Waals surface area contributed by atoms with E-state index in [1.807, 2.05) is 24.3 Å². The van der Waals surface area contributed by atoms with E-state index in [1.54, 1.807) is 14.2 Å². The standard InChI is InChI=1S/C15H26N2O3/c1-18-10-7-17(8-11-19-2)9-12-20-15-5-3-14(13-16)4-6-15/h3-6H,7-13,16H2,1-2H3. The van der Waals surface area contributed by atoms with E-state index in [0.717, 1.165) is 44.2 Å². The molecule has 0 bridgehead atoms. The Balaban J connectivity index is 2.30. The van der Waals surface area contributed by atoms with E-state index in [0.29, 0.717) is 13.2 Å². The summed E-state index contributed by atoms with van der Waals surface area (Å²) in [6.45, 7) is 5.26. The summed E-state index contributed by atoms with van der Waals surface area (Å²) in [4.78, 5) is 2.27. The maximum atomic E-state index is 5.73. The van der Waals surface area contributed by atoms with Crippen LogP contribution in [-0.2, 0) is 16.0 Å². The van der Waals surface area contributed by atoms with Gasteiger partial charge in [-0.3, -0.25) is 4.90 Å².